The van der Waals surface area contributed by atoms with Gasteiger partial charge in [0.15, 0.2) is 0 Å². The van der Waals surface area contributed by atoms with E-state index in [1.807, 2.05) is 18.2 Å². The zero-order chi connectivity index (χ0) is 10.8. The summed E-state index contributed by atoms with van der Waals surface area (Å²) >= 11 is 0. The highest BCUT2D eigenvalue weighted by Gasteiger charge is 2.19. The third-order valence-electron chi connectivity index (χ3n) is 2.55. The zero-order valence-electron chi connectivity index (χ0n) is 8.68. The highest BCUT2D eigenvalue weighted by Crippen LogP contribution is 2.29. The van der Waals surface area contributed by atoms with Crippen LogP contribution >= 0.6 is 12.4 Å². The first-order valence-corrected chi connectivity index (χ1v) is 4.90. The van der Waals surface area contributed by atoms with Crippen molar-refractivity contribution in [1.82, 2.24) is 0 Å². The number of carboxylic acid groups (broad SMARTS) is 1. The average molecular weight is 244 g/mol. The molecule has 0 unspecified atom stereocenters. The average Bonchev–Trinajstić information content (AvgIpc) is 2.66. The van der Waals surface area contributed by atoms with Crippen molar-refractivity contribution in [2.24, 2.45) is 5.73 Å². The van der Waals surface area contributed by atoms with E-state index in [0.717, 1.165) is 23.3 Å². The lowest BCUT2D eigenvalue weighted by atomic mass is 10.0. The van der Waals surface area contributed by atoms with Crippen LogP contribution in [0.2, 0.25) is 0 Å². The second kappa shape index (κ2) is 5.18. The van der Waals surface area contributed by atoms with Gasteiger partial charge in [-0.2, -0.15) is 0 Å². The van der Waals surface area contributed by atoms with Crippen molar-refractivity contribution in [2.75, 3.05) is 6.61 Å². The van der Waals surface area contributed by atoms with Crippen LogP contribution in [0.1, 0.15) is 11.1 Å². The van der Waals surface area contributed by atoms with E-state index in [2.05, 4.69) is 0 Å². The van der Waals surface area contributed by atoms with Crippen LogP contribution in [0.4, 0.5) is 0 Å². The van der Waals surface area contributed by atoms with Crippen LogP contribution in [0.5, 0.6) is 5.75 Å². The number of fused-ring (bicyclic) bond motifs is 1. The first-order chi connectivity index (χ1) is 7.18. The molecule has 5 heteroatoms. The molecular weight excluding hydrogens is 230 g/mol. The maximum atomic E-state index is 10.6. The number of halogens is 1. The number of carboxylic acids is 1. The van der Waals surface area contributed by atoms with Crippen molar-refractivity contribution < 1.29 is 14.6 Å². The van der Waals surface area contributed by atoms with E-state index in [1.165, 1.54) is 0 Å². The second-order valence-corrected chi connectivity index (χ2v) is 3.65. The molecule has 0 radical (unpaired) electrons. The van der Waals surface area contributed by atoms with Crippen LogP contribution < -0.4 is 10.5 Å². The lowest BCUT2D eigenvalue weighted by Gasteiger charge is -2.10. The Morgan fingerprint density at radius 1 is 1.56 bits per heavy atom. The Morgan fingerprint density at radius 2 is 2.31 bits per heavy atom. The van der Waals surface area contributed by atoms with Gasteiger partial charge < -0.3 is 15.6 Å². The van der Waals surface area contributed by atoms with E-state index in [4.69, 9.17) is 15.6 Å². The minimum atomic E-state index is -0.981. The molecule has 16 heavy (non-hydrogen) atoms. The quantitative estimate of drug-likeness (QED) is 0.831. The molecule has 3 N–H and O–H groups in total. The smallest absolute Gasteiger partial charge is 0.320 e. The molecule has 1 aliphatic heterocycles. The number of ether oxygens (including phenoxy) is 1. The Balaban J connectivity index is 0.00000128. The summed E-state index contributed by atoms with van der Waals surface area (Å²) in [5.74, 6) is -0.153. The van der Waals surface area contributed by atoms with Gasteiger partial charge in [-0.25, -0.2) is 0 Å². The van der Waals surface area contributed by atoms with Gasteiger partial charge in [-0.05, 0) is 11.1 Å². The molecule has 0 fully saturated rings. The van der Waals surface area contributed by atoms with Gasteiger partial charge in [0.1, 0.15) is 11.8 Å². The van der Waals surface area contributed by atoms with Gasteiger partial charge in [0, 0.05) is 12.8 Å². The van der Waals surface area contributed by atoms with Crippen molar-refractivity contribution in [3.05, 3.63) is 29.3 Å². The fourth-order valence-corrected chi connectivity index (χ4v) is 1.77. The van der Waals surface area contributed by atoms with Crippen molar-refractivity contribution in [3.8, 4) is 5.75 Å². The predicted octanol–water partition coefficient (Wildman–Crippen LogP) is 0.998. The van der Waals surface area contributed by atoms with Gasteiger partial charge in [0.05, 0.1) is 6.61 Å². The predicted molar refractivity (Wildman–Crippen MR) is 62.2 cm³/mol. The molecule has 2 rings (SSSR count). The maximum absolute atomic E-state index is 10.6. The molecule has 1 heterocycles. The standard InChI is InChI=1S/C11H13NO3.ClH/c12-9(11(13)14)6-8-3-1-2-7-4-5-15-10(7)8;/h1-3,9H,4-6,12H2,(H,13,14);1H/t9-;/m1./s1. The Kier molecular flexibility index (Phi) is 4.15. The summed E-state index contributed by atoms with van der Waals surface area (Å²) in [4.78, 5) is 10.6. The molecule has 0 aromatic heterocycles. The van der Waals surface area contributed by atoms with Gasteiger partial charge in [-0.1, -0.05) is 18.2 Å². The van der Waals surface area contributed by atoms with Crippen LogP contribution in [-0.4, -0.2) is 23.7 Å². The Bertz CT molecular complexity index is 395. The van der Waals surface area contributed by atoms with E-state index in [9.17, 15) is 4.79 Å². The largest absolute Gasteiger partial charge is 0.493 e. The van der Waals surface area contributed by atoms with E-state index < -0.39 is 12.0 Å². The van der Waals surface area contributed by atoms with E-state index in [1.54, 1.807) is 0 Å². The SMILES string of the molecule is Cl.N[C@H](Cc1cccc2c1OCC2)C(=O)O. The number of para-hydroxylation sites is 1. The number of hydrogen-bond donors (Lipinski definition) is 2. The number of aliphatic carboxylic acids is 1. The second-order valence-electron chi connectivity index (χ2n) is 3.65. The van der Waals surface area contributed by atoms with E-state index in [-0.39, 0.29) is 12.4 Å². The Hall–Kier alpha value is -1.26. The number of hydrogen-bond acceptors (Lipinski definition) is 3. The molecule has 0 aliphatic carbocycles. The summed E-state index contributed by atoms with van der Waals surface area (Å²) in [6, 6.07) is 4.92. The monoisotopic (exact) mass is 243 g/mol. The summed E-state index contributed by atoms with van der Waals surface area (Å²) < 4.78 is 5.46. The fourth-order valence-electron chi connectivity index (χ4n) is 1.77. The van der Waals surface area contributed by atoms with Gasteiger partial charge >= 0.3 is 5.97 Å². The Labute approximate surface area is 99.8 Å². The lowest BCUT2D eigenvalue weighted by molar-refractivity contribution is -0.138. The topological polar surface area (TPSA) is 72.5 Å². The molecule has 0 spiro atoms. The van der Waals surface area contributed by atoms with Gasteiger partial charge in [-0.3, -0.25) is 4.79 Å². The summed E-state index contributed by atoms with van der Waals surface area (Å²) in [7, 11) is 0. The summed E-state index contributed by atoms with van der Waals surface area (Å²) in [5.41, 5.74) is 7.52. The first-order valence-electron chi connectivity index (χ1n) is 4.90. The van der Waals surface area contributed by atoms with E-state index >= 15 is 0 Å². The molecule has 1 aromatic rings. The van der Waals surface area contributed by atoms with Gasteiger partial charge in [0.25, 0.3) is 0 Å². The number of carbonyl (C=O) groups is 1. The fraction of sp³-hybridized carbons (Fsp3) is 0.364. The third-order valence-corrected chi connectivity index (χ3v) is 2.55. The summed E-state index contributed by atoms with van der Waals surface area (Å²) in [5, 5.41) is 8.73. The molecule has 0 saturated heterocycles. The van der Waals surface area contributed by atoms with Crippen LogP contribution in [0, 0.1) is 0 Å². The third kappa shape index (κ3) is 2.46. The summed E-state index contributed by atoms with van der Waals surface area (Å²) in [6.07, 6.45) is 1.21. The zero-order valence-corrected chi connectivity index (χ0v) is 9.50. The van der Waals surface area contributed by atoms with Crippen molar-refractivity contribution in [1.29, 1.82) is 0 Å². The molecule has 1 aliphatic rings. The molecule has 1 atom stereocenters. The molecule has 4 nitrogen and oxygen atoms in total. The van der Waals surface area contributed by atoms with Gasteiger partial charge in [-0.15, -0.1) is 12.4 Å². The van der Waals surface area contributed by atoms with E-state index in [0.29, 0.717) is 13.0 Å². The van der Waals surface area contributed by atoms with Crippen molar-refractivity contribution >= 4 is 18.4 Å². The molecular formula is C11H14ClNO3. The van der Waals surface area contributed by atoms with Gasteiger partial charge in [0.2, 0.25) is 0 Å². The van der Waals surface area contributed by atoms with Crippen LogP contribution in [0.15, 0.2) is 18.2 Å². The molecule has 0 bridgehead atoms. The molecule has 1 aromatic carbocycles. The minimum Gasteiger partial charge on any atom is -0.493 e. The van der Waals surface area contributed by atoms with Crippen molar-refractivity contribution in [2.45, 2.75) is 18.9 Å². The number of benzene rings is 1. The van der Waals surface area contributed by atoms with Crippen LogP contribution in [-0.2, 0) is 17.6 Å². The number of rotatable bonds is 3. The highest BCUT2D eigenvalue weighted by atomic mass is 35.5. The van der Waals surface area contributed by atoms with Crippen LogP contribution in [0.25, 0.3) is 0 Å². The number of nitrogens with two attached hydrogens (primary N) is 1. The highest BCUT2D eigenvalue weighted by molar-refractivity contribution is 5.85. The Morgan fingerprint density at radius 3 is 3.00 bits per heavy atom. The lowest BCUT2D eigenvalue weighted by Crippen LogP contribution is -2.32. The molecule has 0 amide bonds. The normalized spacial score (nSPS) is 14.6. The summed E-state index contributed by atoms with van der Waals surface area (Å²) in [6.45, 7) is 0.675. The minimum absolute atomic E-state index is 0. The molecule has 0 saturated carbocycles. The molecule has 88 valence electrons. The first kappa shape index (κ1) is 12.8. The van der Waals surface area contributed by atoms with Crippen LogP contribution in [0.3, 0.4) is 0 Å². The van der Waals surface area contributed by atoms with Crippen molar-refractivity contribution in [3.63, 3.8) is 0 Å². The maximum Gasteiger partial charge on any atom is 0.320 e.